The van der Waals surface area contributed by atoms with Crippen molar-refractivity contribution in [3.63, 3.8) is 0 Å². The number of rotatable bonds is 10. The lowest BCUT2D eigenvalue weighted by Crippen LogP contribution is -2.04. The third-order valence-corrected chi connectivity index (χ3v) is 3.54. The van der Waals surface area contributed by atoms with Gasteiger partial charge in [-0.3, -0.25) is 0 Å². The second-order valence-corrected chi connectivity index (χ2v) is 5.44. The largest absolute Gasteiger partial charge is 0.494 e. The molecule has 2 N–H and O–H groups in total. The second-order valence-electron chi connectivity index (χ2n) is 5.44. The van der Waals surface area contributed by atoms with E-state index < -0.39 is 11.6 Å². The smallest absolute Gasteiger partial charge is 0.142 e. The molecule has 0 saturated carbocycles. The van der Waals surface area contributed by atoms with Gasteiger partial charge in [0.15, 0.2) is 0 Å². The molecule has 0 fully saturated rings. The van der Waals surface area contributed by atoms with Crippen LogP contribution in [0.1, 0.15) is 25.3 Å². The van der Waals surface area contributed by atoms with Gasteiger partial charge >= 0.3 is 0 Å². The number of hydrogen-bond acceptors (Lipinski definition) is 4. The molecular weight excluding hydrogens is 328 g/mol. The summed E-state index contributed by atoms with van der Waals surface area (Å²) in [5, 5.41) is 0. The first-order chi connectivity index (χ1) is 12.1. The van der Waals surface area contributed by atoms with Crippen molar-refractivity contribution < 1.29 is 23.0 Å². The van der Waals surface area contributed by atoms with Gasteiger partial charge < -0.3 is 19.9 Å². The van der Waals surface area contributed by atoms with Gasteiger partial charge in [-0.1, -0.05) is 6.07 Å². The molecule has 0 radical (unpaired) electrons. The van der Waals surface area contributed by atoms with E-state index in [-0.39, 0.29) is 12.2 Å². The van der Waals surface area contributed by atoms with Crippen molar-refractivity contribution in [1.82, 2.24) is 0 Å². The molecule has 0 saturated heterocycles. The molecular formula is C19H23F2NO3. The summed E-state index contributed by atoms with van der Waals surface area (Å²) in [5.41, 5.74) is 6.39. The van der Waals surface area contributed by atoms with E-state index in [0.717, 1.165) is 6.42 Å². The third kappa shape index (κ3) is 5.90. The summed E-state index contributed by atoms with van der Waals surface area (Å²) in [7, 11) is 0. The van der Waals surface area contributed by atoms with Gasteiger partial charge in [0, 0.05) is 18.2 Å². The van der Waals surface area contributed by atoms with Gasteiger partial charge in [-0.25, -0.2) is 8.78 Å². The van der Waals surface area contributed by atoms with Crippen LogP contribution in [-0.2, 0) is 11.3 Å². The lowest BCUT2D eigenvalue weighted by molar-refractivity contribution is 0.109. The first-order valence-corrected chi connectivity index (χ1v) is 8.27. The lowest BCUT2D eigenvalue weighted by atomic mass is 10.2. The van der Waals surface area contributed by atoms with Crippen LogP contribution in [0, 0.1) is 11.6 Å². The topological polar surface area (TPSA) is 53.7 Å². The van der Waals surface area contributed by atoms with Gasteiger partial charge in [0.25, 0.3) is 0 Å². The monoisotopic (exact) mass is 351 g/mol. The first kappa shape index (κ1) is 19.0. The van der Waals surface area contributed by atoms with Crippen molar-refractivity contribution in [3.8, 4) is 11.5 Å². The molecule has 2 aromatic carbocycles. The maximum Gasteiger partial charge on any atom is 0.142 e. The van der Waals surface area contributed by atoms with Gasteiger partial charge in [0.2, 0.25) is 0 Å². The Hall–Kier alpha value is -2.34. The minimum atomic E-state index is -0.589. The standard InChI is InChI=1S/C19H23F2NO3/c1-2-24-14-8-9-19(18(22)12-14)25-11-4-3-10-23-13-15-16(20)6-5-7-17(15)21/h5-9,12H,2-4,10-11,13,22H2,1H3. The van der Waals surface area contributed by atoms with Gasteiger partial charge in [-0.05, 0) is 44.0 Å². The Morgan fingerprint density at radius 1 is 0.960 bits per heavy atom. The van der Waals surface area contributed by atoms with Crippen LogP contribution in [0.25, 0.3) is 0 Å². The highest BCUT2D eigenvalue weighted by molar-refractivity contribution is 5.56. The SMILES string of the molecule is CCOc1ccc(OCCCCOCc2c(F)cccc2F)c(N)c1. The van der Waals surface area contributed by atoms with Crippen LogP contribution >= 0.6 is 0 Å². The summed E-state index contributed by atoms with van der Waals surface area (Å²) in [6, 6.07) is 9.08. The predicted octanol–water partition coefficient (Wildman–Crippen LogP) is 4.32. The maximum atomic E-state index is 13.4. The molecule has 2 rings (SSSR count). The van der Waals surface area contributed by atoms with Crippen LogP contribution in [-0.4, -0.2) is 19.8 Å². The summed E-state index contributed by atoms with van der Waals surface area (Å²) in [5.74, 6) is 0.141. The molecule has 0 aliphatic rings. The second kappa shape index (κ2) is 9.84. The maximum absolute atomic E-state index is 13.4. The third-order valence-electron chi connectivity index (χ3n) is 3.54. The van der Waals surface area contributed by atoms with E-state index in [9.17, 15) is 8.78 Å². The fourth-order valence-corrected chi connectivity index (χ4v) is 2.25. The molecule has 4 nitrogen and oxygen atoms in total. The van der Waals surface area contributed by atoms with Crippen LogP contribution in [0.5, 0.6) is 11.5 Å². The summed E-state index contributed by atoms with van der Waals surface area (Å²) in [6.45, 7) is 3.29. The van der Waals surface area contributed by atoms with E-state index in [1.807, 2.05) is 6.92 Å². The number of ether oxygens (including phenoxy) is 3. The van der Waals surface area contributed by atoms with E-state index in [2.05, 4.69) is 0 Å². The van der Waals surface area contributed by atoms with Crippen LogP contribution in [0.15, 0.2) is 36.4 Å². The fraction of sp³-hybridized carbons (Fsp3) is 0.368. The van der Waals surface area contributed by atoms with Crippen molar-refractivity contribution in [2.75, 3.05) is 25.6 Å². The number of nitrogen functional groups attached to an aromatic ring is 1. The first-order valence-electron chi connectivity index (χ1n) is 8.27. The molecule has 0 aromatic heterocycles. The van der Waals surface area contributed by atoms with Crippen LogP contribution in [0.2, 0.25) is 0 Å². The van der Waals surface area contributed by atoms with Gasteiger partial charge in [-0.15, -0.1) is 0 Å². The molecule has 0 aliphatic carbocycles. The van der Waals surface area contributed by atoms with Gasteiger partial charge in [-0.2, -0.15) is 0 Å². The van der Waals surface area contributed by atoms with Crippen molar-refractivity contribution >= 4 is 5.69 Å². The molecule has 25 heavy (non-hydrogen) atoms. The Bertz CT molecular complexity index is 659. The van der Waals surface area contributed by atoms with Crippen molar-refractivity contribution in [3.05, 3.63) is 53.6 Å². The Balaban J connectivity index is 1.64. The molecule has 0 aliphatic heterocycles. The molecule has 2 aromatic rings. The number of halogens is 2. The van der Waals surface area contributed by atoms with E-state index in [4.69, 9.17) is 19.9 Å². The Morgan fingerprint density at radius 2 is 1.68 bits per heavy atom. The zero-order valence-corrected chi connectivity index (χ0v) is 14.3. The average molecular weight is 351 g/mol. The van der Waals surface area contributed by atoms with Crippen LogP contribution < -0.4 is 15.2 Å². The Kier molecular flexibility index (Phi) is 7.47. The van der Waals surface area contributed by atoms with E-state index in [0.29, 0.717) is 43.4 Å². The summed E-state index contributed by atoms with van der Waals surface area (Å²) < 4.78 is 43.1. The highest BCUT2D eigenvalue weighted by atomic mass is 19.1. The number of benzene rings is 2. The fourth-order valence-electron chi connectivity index (χ4n) is 2.25. The molecule has 6 heteroatoms. The minimum absolute atomic E-state index is 0.0408. The summed E-state index contributed by atoms with van der Waals surface area (Å²) in [4.78, 5) is 0. The molecule has 0 unspecified atom stereocenters. The van der Waals surface area contributed by atoms with E-state index in [1.54, 1.807) is 18.2 Å². The minimum Gasteiger partial charge on any atom is -0.494 e. The average Bonchev–Trinajstić information content (AvgIpc) is 2.58. The van der Waals surface area contributed by atoms with E-state index in [1.165, 1.54) is 18.2 Å². The highest BCUT2D eigenvalue weighted by Crippen LogP contribution is 2.26. The van der Waals surface area contributed by atoms with E-state index >= 15 is 0 Å². The molecule has 0 atom stereocenters. The number of hydrogen-bond donors (Lipinski definition) is 1. The van der Waals surface area contributed by atoms with Crippen LogP contribution in [0.4, 0.5) is 14.5 Å². The summed E-state index contributed by atoms with van der Waals surface area (Å²) >= 11 is 0. The van der Waals surface area contributed by atoms with Crippen molar-refractivity contribution in [1.29, 1.82) is 0 Å². The number of anilines is 1. The zero-order valence-electron chi connectivity index (χ0n) is 14.3. The molecule has 136 valence electrons. The van der Waals surface area contributed by atoms with Gasteiger partial charge in [0.05, 0.1) is 25.5 Å². The summed E-state index contributed by atoms with van der Waals surface area (Å²) in [6.07, 6.45) is 1.46. The molecule has 0 spiro atoms. The number of nitrogens with two attached hydrogens (primary N) is 1. The zero-order chi connectivity index (χ0) is 18.1. The predicted molar refractivity (Wildman–Crippen MR) is 92.8 cm³/mol. The highest BCUT2D eigenvalue weighted by Gasteiger charge is 2.08. The Labute approximate surface area is 146 Å². The van der Waals surface area contributed by atoms with Gasteiger partial charge in [0.1, 0.15) is 23.1 Å². The van der Waals surface area contributed by atoms with Crippen LogP contribution in [0.3, 0.4) is 0 Å². The Morgan fingerprint density at radius 3 is 2.36 bits per heavy atom. The van der Waals surface area contributed by atoms with Crippen molar-refractivity contribution in [2.24, 2.45) is 0 Å². The normalized spacial score (nSPS) is 10.7. The van der Waals surface area contributed by atoms with Crippen molar-refractivity contribution in [2.45, 2.75) is 26.4 Å². The quantitative estimate of drug-likeness (QED) is 0.512. The lowest BCUT2D eigenvalue weighted by Gasteiger charge is -2.11. The number of unbranched alkanes of at least 4 members (excludes halogenated alkanes) is 1. The molecule has 0 heterocycles. The molecule has 0 bridgehead atoms. The molecule has 0 amide bonds.